The Labute approximate surface area is 198 Å². The first-order valence-electron chi connectivity index (χ1n) is 13.3. The van der Waals surface area contributed by atoms with E-state index in [1.165, 1.54) is 56.2 Å². The highest BCUT2D eigenvalue weighted by Crippen LogP contribution is 2.42. The summed E-state index contributed by atoms with van der Waals surface area (Å²) in [7, 11) is 0. The van der Waals surface area contributed by atoms with Gasteiger partial charge in [-0.2, -0.15) is 0 Å². The average molecular weight is 455 g/mol. The highest BCUT2D eigenvalue weighted by Gasteiger charge is 2.31. The third-order valence-corrected chi connectivity index (χ3v) is 8.14. The smallest absolute Gasteiger partial charge is 0.306 e. The summed E-state index contributed by atoms with van der Waals surface area (Å²) in [6, 6.07) is 2.75. The SMILES string of the molecule is CCCCC[C@H](C)Nc1ncc2c(C3CCC(C(=O)O)CC3)cc(C3CCC(C)CC3)n2n1. The zero-order valence-corrected chi connectivity index (χ0v) is 20.7. The summed E-state index contributed by atoms with van der Waals surface area (Å²) in [5, 5.41) is 17.9. The fourth-order valence-electron chi connectivity index (χ4n) is 5.92. The lowest BCUT2D eigenvalue weighted by molar-refractivity contribution is -0.142. The van der Waals surface area contributed by atoms with Crippen molar-refractivity contribution in [2.24, 2.45) is 11.8 Å². The van der Waals surface area contributed by atoms with Gasteiger partial charge in [0.2, 0.25) is 5.95 Å². The van der Waals surface area contributed by atoms with Gasteiger partial charge in [0, 0.05) is 17.7 Å². The Hall–Kier alpha value is -2.11. The molecule has 4 rings (SSSR count). The second-order valence-corrected chi connectivity index (χ2v) is 10.8. The van der Waals surface area contributed by atoms with Gasteiger partial charge in [-0.1, -0.05) is 46.0 Å². The van der Waals surface area contributed by atoms with Crippen LogP contribution in [-0.2, 0) is 4.79 Å². The zero-order valence-electron chi connectivity index (χ0n) is 20.7. The van der Waals surface area contributed by atoms with E-state index in [2.05, 4.69) is 36.7 Å². The fourth-order valence-corrected chi connectivity index (χ4v) is 5.92. The minimum Gasteiger partial charge on any atom is -0.481 e. The molecule has 0 aliphatic heterocycles. The topological polar surface area (TPSA) is 79.5 Å². The first-order chi connectivity index (χ1) is 16.0. The maximum Gasteiger partial charge on any atom is 0.306 e. The first-order valence-corrected chi connectivity index (χ1v) is 13.3. The highest BCUT2D eigenvalue weighted by atomic mass is 16.4. The molecule has 0 unspecified atom stereocenters. The number of unbranched alkanes of at least 4 members (excludes halogenated alkanes) is 2. The van der Waals surface area contributed by atoms with Crippen molar-refractivity contribution in [3.63, 3.8) is 0 Å². The van der Waals surface area contributed by atoms with Gasteiger partial charge in [-0.05, 0) is 75.3 Å². The van der Waals surface area contributed by atoms with E-state index in [-0.39, 0.29) is 5.92 Å². The van der Waals surface area contributed by atoms with Crippen LogP contribution in [0.2, 0.25) is 0 Å². The van der Waals surface area contributed by atoms with Gasteiger partial charge in [-0.15, -0.1) is 5.10 Å². The van der Waals surface area contributed by atoms with Crippen molar-refractivity contribution in [2.75, 3.05) is 5.32 Å². The lowest BCUT2D eigenvalue weighted by Crippen LogP contribution is -2.20. The predicted molar refractivity (Wildman–Crippen MR) is 133 cm³/mol. The lowest BCUT2D eigenvalue weighted by Gasteiger charge is -2.26. The predicted octanol–water partition coefficient (Wildman–Crippen LogP) is 6.76. The second-order valence-electron chi connectivity index (χ2n) is 10.8. The lowest BCUT2D eigenvalue weighted by atomic mass is 9.78. The molecule has 182 valence electrons. The molecule has 2 aromatic heterocycles. The van der Waals surface area contributed by atoms with E-state index < -0.39 is 5.97 Å². The van der Waals surface area contributed by atoms with Crippen molar-refractivity contribution < 1.29 is 9.90 Å². The summed E-state index contributed by atoms with van der Waals surface area (Å²) >= 11 is 0. The third kappa shape index (κ3) is 5.70. The van der Waals surface area contributed by atoms with Crippen molar-refractivity contribution in [1.82, 2.24) is 14.6 Å². The van der Waals surface area contributed by atoms with Crippen LogP contribution in [0.1, 0.15) is 121 Å². The molecule has 2 fully saturated rings. The minimum atomic E-state index is -0.640. The molecule has 33 heavy (non-hydrogen) atoms. The largest absolute Gasteiger partial charge is 0.481 e. The number of hydrogen-bond acceptors (Lipinski definition) is 4. The zero-order chi connectivity index (χ0) is 23.4. The number of hydrogen-bond donors (Lipinski definition) is 2. The normalized spacial score (nSPS) is 26.9. The Bertz CT molecular complexity index is 924. The first kappa shape index (κ1) is 24.0. The summed E-state index contributed by atoms with van der Waals surface area (Å²) in [6.45, 7) is 6.82. The molecule has 0 aromatic carbocycles. The summed E-state index contributed by atoms with van der Waals surface area (Å²) < 4.78 is 2.17. The van der Waals surface area contributed by atoms with Crippen LogP contribution in [0.5, 0.6) is 0 Å². The van der Waals surface area contributed by atoms with Crippen LogP contribution in [-0.4, -0.2) is 31.7 Å². The Kier molecular flexibility index (Phi) is 7.92. The summed E-state index contributed by atoms with van der Waals surface area (Å²) in [6.07, 6.45) is 15.3. The number of anilines is 1. The second kappa shape index (κ2) is 10.9. The Morgan fingerprint density at radius 1 is 1.12 bits per heavy atom. The molecule has 2 aromatic rings. The minimum absolute atomic E-state index is 0.185. The van der Waals surface area contributed by atoms with E-state index in [9.17, 15) is 9.90 Å². The maximum absolute atomic E-state index is 11.4. The Morgan fingerprint density at radius 3 is 2.48 bits per heavy atom. The Balaban J connectivity index is 1.60. The highest BCUT2D eigenvalue weighted by molar-refractivity contribution is 5.70. The number of nitrogens with zero attached hydrogens (tertiary/aromatic N) is 3. The standard InChI is InChI=1S/C27H42N4O2/c1-4-5-6-7-19(3)29-27-28-17-25-23(20-12-14-22(15-13-20)26(32)33)16-24(31(25)30-27)21-10-8-18(2)9-11-21/h16-22H,4-15H2,1-3H3,(H,29,30)(H,32,33)/t18?,19-,20?,21?,22?/m0/s1. The van der Waals surface area contributed by atoms with E-state index in [0.717, 1.165) is 43.5 Å². The number of carbonyl (C=O) groups is 1. The van der Waals surface area contributed by atoms with Crippen LogP contribution in [0.4, 0.5) is 5.95 Å². The molecular weight excluding hydrogens is 412 g/mol. The van der Waals surface area contributed by atoms with E-state index in [1.807, 2.05) is 6.20 Å². The van der Waals surface area contributed by atoms with Gasteiger partial charge < -0.3 is 10.4 Å². The van der Waals surface area contributed by atoms with Gasteiger partial charge in [-0.25, -0.2) is 9.50 Å². The molecule has 2 aliphatic carbocycles. The summed E-state index contributed by atoms with van der Waals surface area (Å²) in [4.78, 5) is 16.1. The van der Waals surface area contributed by atoms with Crippen molar-refractivity contribution in [1.29, 1.82) is 0 Å². The molecule has 2 saturated carbocycles. The molecule has 2 aliphatic rings. The van der Waals surface area contributed by atoms with Crippen LogP contribution in [0.3, 0.4) is 0 Å². The number of carboxylic acid groups (broad SMARTS) is 1. The quantitative estimate of drug-likeness (QED) is 0.409. The van der Waals surface area contributed by atoms with E-state index in [1.54, 1.807) is 0 Å². The number of carboxylic acids is 1. The van der Waals surface area contributed by atoms with Gasteiger partial charge in [0.05, 0.1) is 17.6 Å². The van der Waals surface area contributed by atoms with Gasteiger partial charge in [0.15, 0.2) is 0 Å². The molecule has 2 N–H and O–H groups in total. The fraction of sp³-hybridized carbons (Fsp3) is 0.741. The van der Waals surface area contributed by atoms with Gasteiger partial charge in [0.1, 0.15) is 0 Å². The van der Waals surface area contributed by atoms with E-state index in [4.69, 9.17) is 10.1 Å². The molecular formula is C27H42N4O2. The van der Waals surface area contributed by atoms with Crippen molar-refractivity contribution >= 4 is 17.4 Å². The number of aliphatic carboxylic acids is 1. The summed E-state index contributed by atoms with van der Waals surface area (Å²) in [5.41, 5.74) is 3.78. The molecule has 0 bridgehead atoms. The summed E-state index contributed by atoms with van der Waals surface area (Å²) in [5.74, 6) is 1.66. The van der Waals surface area contributed by atoms with Crippen molar-refractivity contribution in [3.8, 4) is 0 Å². The molecule has 0 radical (unpaired) electrons. The number of aromatic nitrogens is 3. The number of rotatable bonds is 9. The van der Waals surface area contributed by atoms with Gasteiger partial charge in [-0.3, -0.25) is 4.79 Å². The molecule has 0 spiro atoms. The van der Waals surface area contributed by atoms with Crippen molar-refractivity contribution in [3.05, 3.63) is 23.5 Å². The Morgan fingerprint density at radius 2 is 1.82 bits per heavy atom. The average Bonchev–Trinajstić information content (AvgIpc) is 3.18. The molecule has 6 heteroatoms. The van der Waals surface area contributed by atoms with Crippen LogP contribution < -0.4 is 5.32 Å². The molecule has 0 amide bonds. The molecule has 1 atom stereocenters. The molecule has 6 nitrogen and oxygen atoms in total. The maximum atomic E-state index is 11.4. The van der Waals surface area contributed by atoms with E-state index >= 15 is 0 Å². The number of fused-ring (bicyclic) bond motifs is 1. The van der Waals surface area contributed by atoms with Crippen molar-refractivity contribution in [2.45, 2.75) is 116 Å². The monoisotopic (exact) mass is 454 g/mol. The van der Waals surface area contributed by atoms with Crippen LogP contribution >= 0.6 is 0 Å². The number of nitrogens with one attached hydrogen (secondary N) is 1. The van der Waals surface area contributed by atoms with Gasteiger partial charge in [0.25, 0.3) is 0 Å². The third-order valence-electron chi connectivity index (χ3n) is 8.14. The van der Waals surface area contributed by atoms with Crippen LogP contribution in [0, 0.1) is 11.8 Å². The molecule has 2 heterocycles. The van der Waals surface area contributed by atoms with Crippen LogP contribution in [0.15, 0.2) is 12.3 Å². The van der Waals surface area contributed by atoms with Crippen LogP contribution in [0.25, 0.3) is 5.52 Å². The molecule has 0 saturated heterocycles. The van der Waals surface area contributed by atoms with E-state index in [0.29, 0.717) is 23.8 Å². The van der Waals surface area contributed by atoms with Gasteiger partial charge >= 0.3 is 5.97 Å².